The van der Waals surface area contributed by atoms with Crippen LogP contribution in [0.1, 0.15) is 35.8 Å². The van der Waals surface area contributed by atoms with Crippen LogP contribution in [0, 0.1) is 5.92 Å². The minimum atomic E-state index is 0.0102. The SMILES string of the molecule is COc1cc(OC)cc(C(=O)N2CCN(c3nc(CN4CCC(C)CC4)cs3)CC2)c1. The summed E-state index contributed by atoms with van der Waals surface area (Å²) in [7, 11) is 3.19. The molecule has 1 aromatic carbocycles. The molecule has 7 nitrogen and oxygen atoms in total. The number of hydrogen-bond acceptors (Lipinski definition) is 7. The quantitative estimate of drug-likeness (QED) is 0.681. The van der Waals surface area contributed by atoms with Crippen molar-refractivity contribution in [2.24, 2.45) is 5.92 Å². The summed E-state index contributed by atoms with van der Waals surface area (Å²) in [6.45, 7) is 8.57. The highest BCUT2D eigenvalue weighted by atomic mass is 32.1. The van der Waals surface area contributed by atoms with Crippen molar-refractivity contribution in [3.63, 3.8) is 0 Å². The van der Waals surface area contributed by atoms with Gasteiger partial charge in [0.15, 0.2) is 5.13 Å². The largest absolute Gasteiger partial charge is 0.497 e. The summed E-state index contributed by atoms with van der Waals surface area (Å²) in [5.74, 6) is 2.11. The number of rotatable bonds is 6. The van der Waals surface area contributed by atoms with E-state index in [4.69, 9.17) is 14.5 Å². The molecule has 0 N–H and O–H groups in total. The number of nitrogens with zero attached hydrogens (tertiary/aromatic N) is 4. The molecular weight excluding hydrogens is 412 g/mol. The van der Waals surface area contributed by atoms with E-state index in [-0.39, 0.29) is 5.91 Å². The molecule has 3 heterocycles. The monoisotopic (exact) mass is 444 g/mol. The number of piperidine rings is 1. The number of carbonyl (C=O) groups excluding carboxylic acids is 1. The van der Waals surface area contributed by atoms with Gasteiger partial charge in [-0.25, -0.2) is 4.98 Å². The van der Waals surface area contributed by atoms with Gasteiger partial charge in [0.25, 0.3) is 5.91 Å². The average molecular weight is 445 g/mol. The Morgan fingerprint density at radius 1 is 1.03 bits per heavy atom. The smallest absolute Gasteiger partial charge is 0.254 e. The van der Waals surface area contributed by atoms with Crippen LogP contribution in [0.2, 0.25) is 0 Å². The van der Waals surface area contributed by atoms with Gasteiger partial charge in [-0.2, -0.15) is 0 Å². The number of ether oxygens (including phenoxy) is 2. The number of likely N-dealkylation sites (tertiary alicyclic amines) is 1. The Balaban J connectivity index is 1.33. The predicted octanol–water partition coefficient (Wildman–Crippen LogP) is 3.35. The number of thiazole rings is 1. The predicted molar refractivity (Wildman–Crippen MR) is 123 cm³/mol. The zero-order valence-electron chi connectivity index (χ0n) is 18.7. The van der Waals surface area contributed by atoms with Crippen LogP contribution in [0.4, 0.5) is 5.13 Å². The summed E-state index contributed by atoms with van der Waals surface area (Å²) in [6, 6.07) is 5.32. The number of anilines is 1. The highest BCUT2D eigenvalue weighted by molar-refractivity contribution is 7.13. The molecule has 2 saturated heterocycles. The van der Waals surface area contributed by atoms with Crippen molar-refractivity contribution in [1.82, 2.24) is 14.8 Å². The van der Waals surface area contributed by atoms with Gasteiger partial charge in [0.05, 0.1) is 19.9 Å². The fourth-order valence-electron chi connectivity index (χ4n) is 4.18. The molecule has 1 aromatic heterocycles. The maximum Gasteiger partial charge on any atom is 0.254 e. The summed E-state index contributed by atoms with van der Waals surface area (Å²) in [5.41, 5.74) is 1.76. The molecule has 0 atom stereocenters. The Kier molecular flexibility index (Phi) is 6.97. The van der Waals surface area contributed by atoms with Gasteiger partial charge in [-0.15, -0.1) is 11.3 Å². The van der Waals surface area contributed by atoms with Gasteiger partial charge in [0, 0.05) is 49.7 Å². The Morgan fingerprint density at radius 2 is 1.68 bits per heavy atom. The number of piperazine rings is 1. The van der Waals surface area contributed by atoms with Crippen molar-refractivity contribution >= 4 is 22.4 Å². The zero-order chi connectivity index (χ0) is 21.8. The van der Waals surface area contributed by atoms with E-state index >= 15 is 0 Å². The molecule has 0 bridgehead atoms. The third-order valence-corrected chi connectivity index (χ3v) is 7.19. The molecule has 1 amide bonds. The first-order valence-corrected chi connectivity index (χ1v) is 11.9. The molecule has 2 aromatic rings. The van der Waals surface area contributed by atoms with Crippen LogP contribution in [-0.2, 0) is 6.54 Å². The Hall–Kier alpha value is -2.32. The number of carbonyl (C=O) groups is 1. The normalized spacial score (nSPS) is 18.3. The minimum absolute atomic E-state index is 0.0102. The lowest BCUT2D eigenvalue weighted by molar-refractivity contribution is 0.0746. The summed E-state index contributed by atoms with van der Waals surface area (Å²) in [6.07, 6.45) is 2.57. The average Bonchev–Trinajstić information content (AvgIpc) is 3.28. The molecule has 0 saturated carbocycles. The van der Waals surface area contributed by atoms with E-state index in [1.165, 1.54) is 25.9 Å². The summed E-state index contributed by atoms with van der Waals surface area (Å²) in [5, 5.41) is 3.25. The lowest BCUT2D eigenvalue weighted by atomic mass is 9.99. The Labute approximate surface area is 188 Å². The van der Waals surface area contributed by atoms with Gasteiger partial charge in [0.2, 0.25) is 0 Å². The zero-order valence-corrected chi connectivity index (χ0v) is 19.5. The van der Waals surface area contributed by atoms with E-state index < -0.39 is 0 Å². The van der Waals surface area contributed by atoms with Crippen molar-refractivity contribution in [2.45, 2.75) is 26.3 Å². The highest BCUT2D eigenvalue weighted by Crippen LogP contribution is 2.26. The van der Waals surface area contributed by atoms with Gasteiger partial charge < -0.3 is 19.3 Å². The van der Waals surface area contributed by atoms with Crippen molar-refractivity contribution < 1.29 is 14.3 Å². The van der Waals surface area contributed by atoms with E-state index in [2.05, 4.69) is 22.1 Å². The first kappa shape index (κ1) is 21.9. The van der Waals surface area contributed by atoms with Gasteiger partial charge in [-0.3, -0.25) is 9.69 Å². The molecule has 31 heavy (non-hydrogen) atoms. The summed E-state index contributed by atoms with van der Waals surface area (Å²) >= 11 is 1.71. The molecule has 0 aliphatic carbocycles. The Morgan fingerprint density at radius 3 is 2.29 bits per heavy atom. The molecule has 2 fully saturated rings. The second kappa shape index (κ2) is 9.87. The summed E-state index contributed by atoms with van der Waals surface area (Å²) < 4.78 is 10.6. The van der Waals surface area contributed by atoms with Crippen LogP contribution in [0.5, 0.6) is 11.5 Å². The highest BCUT2D eigenvalue weighted by Gasteiger charge is 2.25. The van der Waals surface area contributed by atoms with Crippen LogP contribution >= 0.6 is 11.3 Å². The van der Waals surface area contributed by atoms with Crippen LogP contribution in [-0.4, -0.2) is 74.2 Å². The molecule has 168 valence electrons. The van der Waals surface area contributed by atoms with Crippen molar-refractivity contribution in [3.8, 4) is 11.5 Å². The molecule has 0 radical (unpaired) electrons. The number of amides is 1. The molecule has 0 spiro atoms. The number of methoxy groups -OCH3 is 2. The minimum Gasteiger partial charge on any atom is -0.497 e. The van der Waals surface area contributed by atoms with E-state index in [0.717, 1.165) is 36.4 Å². The van der Waals surface area contributed by atoms with Gasteiger partial charge >= 0.3 is 0 Å². The van der Waals surface area contributed by atoms with Gasteiger partial charge in [0.1, 0.15) is 11.5 Å². The second-order valence-corrected chi connectivity index (χ2v) is 9.30. The standard InChI is InChI=1S/C23H32N4O3S/c1-17-4-6-25(7-5-17)15-19-16-31-23(24-19)27-10-8-26(9-11-27)22(28)18-12-20(29-2)14-21(13-18)30-3/h12-14,16-17H,4-11,15H2,1-3H3. The summed E-state index contributed by atoms with van der Waals surface area (Å²) in [4.78, 5) is 24.6. The fraction of sp³-hybridized carbons (Fsp3) is 0.565. The molecule has 2 aliphatic heterocycles. The number of hydrogen-bond donors (Lipinski definition) is 0. The van der Waals surface area contributed by atoms with E-state index in [1.54, 1.807) is 43.8 Å². The van der Waals surface area contributed by atoms with Crippen LogP contribution in [0.15, 0.2) is 23.6 Å². The van der Waals surface area contributed by atoms with Crippen LogP contribution in [0.3, 0.4) is 0 Å². The van der Waals surface area contributed by atoms with E-state index in [9.17, 15) is 4.79 Å². The van der Waals surface area contributed by atoms with Gasteiger partial charge in [-0.05, 0) is 44.0 Å². The maximum atomic E-state index is 13.0. The van der Waals surface area contributed by atoms with Crippen molar-refractivity contribution in [1.29, 1.82) is 0 Å². The van der Waals surface area contributed by atoms with E-state index in [0.29, 0.717) is 30.2 Å². The molecular formula is C23H32N4O3S. The third kappa shape index (κ3) is 5.30. The third-order valence-electron chi connectivity index (χ3n) is 6.24. The molecule has 8 heteroatoms. The molecule has 4 rings (SSSR count). The van der Waals surface area contributed by atoms with Crippen LogP contribution < -0.4 is 14.4 Å². The first-order chi connectivity index (χ1) is 15.1. The lowest BCUT2D eigenvalue weighted by Gasteiger charge is -2.34. The van der Waals surface area contributed by atoms with Crippen molar-refractivity contribution in [2.75, 3.05) is 58.4 Å². The molecule has 2 aliphatic rings. The van der Waals surface area contributed by atoms with Crippen LogP contribution in [0.25, 0.3) is 0 Å². The number of benzene rings is 1. The second-order valence-electron chi connectivity index (χ2n) is 8.46. The molecule has 0 unspecified atom stereocenters. The lowest BCUT2D eigenvalue weighted by Crippen LogP contribution is -2.48. The topological polar surface area (TPSA) is 58.1 Å². The van der Waals surface area contributed by atoms with Gasteiger partial charge in [-0.1, -0.05) is 6.92 Å². The van der Waals surface area contributed by atoms with E-state index in [1.807, 2.05) is 4.90 Å². The fourth-order valence-corrected chi connectivity index (χ4v) is 5.05. The first-order valence-electron chi connectivity index (χ1n) is 11.0. The van der Waals surface area contributed by atoms with Crippen molar-refractivity contribution in [3.05, 3.63) is 34.8 Å². The Bertz CT molecular complexity index is 864. The number of aromatic nitrogens is 1. The maximum absolute atomic E-state index is 13.0.